The molecule has 4 aliphatic heterocycles. The van der Waals surface area contributed by atoms with E-state index in [1.165, 1.54) is 4.90 Å². The number of benzene rings is 1. The van der Waals surface area contributed by atoms with Crippen LogP contribution in [0.15, 0.2) is 24.3 Å². The number of hydrogen-bond donors (Lipinski definition) is 1. The molecule has 0 aromatic heterocycles. The first-order valence-corrected chi connectivity index (χ1v) is 9.14. The molecule has 4 atom stereocenters. The number of nitrogens with one attached hydrogen (secondary N) is 1. The molecule has 1 spiro atoms. The van der Waals surface area contributed by atoms with Crippen molar-refractivity contribution in [3.63, 3.8) is 0 Å². The minimum absolute atomic E-state index is 0.0547. The van der Waals surface area contributed by atoms with Crippen molar-refractivity contribution in [2.75, 3.05) is 32.1 Å². The largest absolute Gasteiger partial charge is 0.383 e. The lowest BCUT2D eigenvalue weighted by molar-refractivity contribution is -0.146. The number of ether oxygens (including phenoxy) is 1. The first kappa shape index (κ1) is 16.0. The zero-order valence-electron chi connectivity index (χ0n) is 14.6. The van der Waals surface area contributed by atoms with E-state index in [1.54, 1.807) is 7.11 Å². The summed E-state index contributed by atoms with van der Waals surface area (Å²) in [6.45, 7) is 1.28. The molecular weight excluding hydrogens is 334 g/mol. The topological polar surface area (TPSA) is 79.0 Å². The molecule has 0 unspecified atom stereocenters. The van der Waals surface area contributed by atoms with Crippen LogP contribution in [0.3, 0.4) is 0 Å². The van der Waals surface area contributed by atoms with Gasteiger partial charge in [0.2, 0.25) is 17.7 Å². The molecule has 5 rings (SSSR count). The Balaban J connectivity index is 1.68. The predicted molar refractivity (Wildman–Crippen MR) is 92.1 cm³/mol. The summed E-state index contributed by atoms with van der Waals surface area (Å²) >= 11 is 0. The van der Waals surface area contributed by atoms with Gasteiger partial charge in [0, 0.05) is 24.4 Å². The number of anilines is 1. The van der Waals surface area contributed by atoms with Gasteiger partial charge in [-0.3, -0.25) is 24.2 Å². The van der Waals surface area contributed by atoms with Crippen LogP contribution < -0.4 is 5.32 Å². The fraction of sp³-hybridized carbons (Fsp3) is 0.526. The molecule has 1 N–H and O–H groups in total. The summed E-state index contributed by atoms with van der Waals surface area (Å²) in [5, 5.41) is 2.96. The van der Waals surface area contributed by atoms with Crippen LogP contribution in [0.4, 0.5) is 5.69 Å². The third-order valence-corrected chi connectivity index (χ3v) is 6.51. The number of nitrogens with zero attached hydrogens (tertiary/aromatic N) is 2. The van der Waals surface area contributed by atoms with E-state index in [0.29, 0.717) is 6.61 Å². The van der Waals surface area contributed by atoms with Crippen molar-refractivity contribution >= 4 is 23.4 Å². The molecule has 4 aliphatic rings. The average Bonchev–Trinajstić information content (AvgIpc) is 3.33. The molecule has 0 saturated carbocycles. The Morgan fingerprint density at radius 2 is 2.04 bits per heavy atom. The molecule has 3 fully saturated rings. The van der Waals surface area contributed by atoms with Crippen LogP contribution in [0, 0.1) is 11.8 Å². The van der Waals surface area contributed by atoms with Crippen molar-refractivity contribution in [1.82, 2.24) is 9.80 Å². The van der Waals surface area contributed by atoms with Gasteiger partial charge in [-0.2, -0.15) is 0 Å². The van der Waals surface area contributed by atoms with E-state index in [1.807, 2.05) is 24.3 Å². The van der Waals surface area contributed by atoms with Crippen molar-refractivity contribution in [1.29, 1.82) is 0 Å². The molecule has 0 bridgehead atoms. The first-order valence-electron chi connectivity index (χ1n) is 9.14. The smallest absolute Gasteiger partial charge is 0.250 e. The summed E-state index contributed by atoms with van der Waals surface area (Å²) in [5.74, 6) is -1.66. The van der Waals surface area contributed by atoms with Crippen LogP contribution >= 0.6 is 0 Å². The van der Waals surface area contributed by atoms with Gasteiger partial charge in [0.05, 0.1) is 25.0 Å². The Hall–Kier alpha value is -2.25. The van der Waals surface area contributed by atoms with Crippen molar-refractivity contribution < 1.29 is 19.1 Å². The molecule has 3 saturated heterocycles. The minimum atomic E-state index is -1.06. The highest BCUT2D eigenvalue weighted by atomic mass is 16.5. The van der Waals surface area contributed by atoms with E-state index >= 15 is 0 Å². The van der Waals surface area contributed by atoms with Gasteiger partial charge in [-0.25, -0.2) is 0 Å². The van der Waals surface area contributed by atoms with Crippen molar-refractivity contribution in [3.8, 4) is 0 Å². The lowest BCUT2D eigenvalue weighted by Gasteiger charge is -2.36. The van der Waals surface area contributed by atoms with Gasteiger partial charge >= 0.3 is 0 Å². The lowest BCUT2D eigenvalue weighted by Crippen LogP contribution is -2.54. The van der Waals surface area contributed by atoms with Crippen LogP contribution in [0.1, 0.15) is 18.4 Å². The summed E-state index contributed by atoms with van der Waals surface area (Å²) in [4.78, 5) is 43.1. The number of amides is 3. The number of imide groups is 1. The normalized spacial score (nSPS) is 35.2. The van der Waals surface area contributed by atoms with Gasteiger partial charge in [-0.15, -0.1) is 0 Å². The summed E-state index contributed by atoms with van der Waals surface area (Å²) in [6, 6.07) is 7.49. The third kappa shape index (κ3) is 1.68. The number of fused-ring (bicyclic) bond motifs is 7. The molecule has 1 aromatic rings. The Kier molecular flexibility index (Phi) is 3.30. The fourth-order valence-corrected chi connectivity index (χ4v) is 5.62. The Bertz CT molecular complexity index is 825. The standard InChI is InChI=1S/C19H21N3O4/c1-26-10-9-21-16(23)14-13-7-4-8-22(13)19(15(14)17(21)24)11-5-2-3-6-12(11)20-18(19)25/h2-3,5-6,13-15H,4,7-10H2,1H3,(H,20,25)/t13-,14+,15+,19+/m0/s1. The Morgan fingerprint density at radius 3 is 2.85 bits per heavy atom. The maximum Gasteiger partial charge on any atom is 0.250 e. The number of methoxy groups -OCH3 is 1. The molecule has 7 nitrogen and oxygen atoms in total. The van der Waals surface area contributed by atoms with Crippen molar-refractivity contribution in [3.05, 3.63) is 29.8 Å². The minimum Gasteiger partial charge on any atom is -0.383 e. The molecule has 4 heterocycles. The lowest BCUT2D eigenvalue weighted by atomic mass is 9.75. The molecule has 0 aliphatic carbocycles. The van der Waals surface area contributed by atoms with Crippen LogP contribution in [-0.2, 0) is 24.7 Å². The van der Waals surface area contributed by atoms with Gasteiger partial charge in [-0.05, 0) is 25.5 Å². The van der Waals surface area contributed by atoms with E-state index in [2.05, 4.69) is 10.2 Å². The van der Waals surface area contributed by atoms with E-state index < -0.39 is 17.4 Å². The second kappa shape index (κ2) is 5.37. The van der Waals surface area contributed by atoms with Gasteiger partial charge in [-0.1, -0.05) is 18.2 Å². The van der Waals surface area contributed by atoms with Crippen LogP contribution in [0.5, 0.6) is 0 Å². The number of carbonyl (C=O) groups is 3. The van der Waals surface area contributed by atoms with Crippen LogP contribution in [0.2, 0.25) is 0 Å². The molecule has 26 heavy (non-hydrogen) atoms. The Morgan fingerprint density at radius 1 is 1.23 bits per heavy atom. The van der Waals surface area contributed by atoms with Crippen molar-refractivity contribution in [2.24, 2.45) is 11.8 Å². The predicted octanol–water partition coefficient (Wildman–Crippen LogP) is 0.560. The van der Waals surface area contributed by atoms with Gasteiger partial charge < -0.3 is 10.1 Å². The molecule has 0 radical (unpaired) electrons. The van der Waals surface area contributed by atoms with E-state index in [-0.39, 0.29) is 30.3 Å². The first-order chi connectivity index (χ1) is 12.6. The van der Waals surface area contributed by atoms with E-state index in [0.717, 1.165) is 30.6 Å². The third-order valence-electron chi connectivity index (χ3n) is 6.51. The number of hydrogen-bond acceptors (Lipinski definition) is 5. The summed E-state index contributed by atoms with van der Waals surface area (Å²) in [5.41, 5.74) is 0.523. The fourth-order valence-electron chi connectivity index (χ4n) is 5.62. The average molecular weight is 355 g/mol. The SMILES string of the molecule is COCCN1C(=O)[C@@H]2[C@@H]3CCCN3[C@@]3(C(=O)Nc4ccccc43)[C@H]2C1=O. The van der Waals surface area contributed by atoms with Gasteiger partial charge in [0.15, 0.2) is 0 Å². The number of para-hydroxylation sites is 1. The zero-order valence-corrected chi connectivity index (χ0v) is 14.6. The van der Waals surface area contributed by atoms with Crippen molar-refractivity contribution in [2.45, 2.75) is 24.4 Å². The maximum atomic E-state index is 13.3. The van der Waals surface area contributed by atoms with Gasteiger partial charge in [0.1, 0.15) is 5.54 Å². The highest BCUT2D eigenvalue weighted by Gasteiger charge is 2.74. The molecule has 3 amide bonds. The molecule has 1 aromatic carbocycles. The summed E-state index contributed by atoms with van der Waals surface area (Å²) in [7, 11) is 1.55. The highest BCUT2D eigenvalue weighted by Crippen LogP contribution is 2.60. The second-order valence-electron chi connectivity index (χ2n) is 7.49. The maximum absolute atomic E-state index is 13.3. The van der Waals surface area contributed by atoms with Crippen LogP contribution in [0.25, 0.3) is 0 Å². The monoisotopic (exact) mass is 355 g/mol. The second-order valence-corrected chi connectivity index (χ2v) is 7.49. The zero-order chi connectivity index (χ0) is 18.1. The quantitative estimate of drug-likeness (QED) is 0.802. The molecule has 136 valence electrons. The van der Waals surface area contributed by atoms with Crippen LogP contribution in [-0.4, -0.2) is 60.4 Å². The van der Waals surface area contributed by atoms with E-state index in [4.69, 9.17) is 4.74 Å². The summed E-state index contributed by atoms with van der Waals surface area (Å²) in [6.07, 6.45) is 1.78. The summed E-state index contributed by atoms with van der Waals surface area (Å²) < 4.78 is 5.07. The number of likely N-dealkylation sites (tertiary alicyclic amines) is 1. The van der Waals surface area contributed by atoms with E-state index in [9.17, 15) is 14.4 Å². The van der Waals surface area contributed by atoms with Gasteiger partial charge in [0.25, 0.3) is 0 Å². The number of rotatable bonds is 3. The molecular formula is C19H21N3O4. The number of carbonyl (C=O) groups excluding carboxylic acids is 3. The Labute approximate surface area is 151 Å². The molecule has 7 heteroatoms. The highest BCUT2D eigenvalue weighted by molar-refractivity contribution is 6.15.